The number of nitrogens with one attached hydrogen (secondary N) is 1. The molecule has 1 heterocycles. The van der Waals surface area contributed by atoms with E-state index in [9.17, 15) is 0 Å². The molecule has 1 unspecified atom stereocenters. The summed E-state index contributed by atoms with van der Waals surface area (Å²) in [6, 6.07) is 3.09. The summed E-state index contributed by atoms with van der Waals surface area (Å²) in [6.45, 7) is 8.93. The van der Waals surface area contributed by atoms with E-state index in [2.05, 4.69) is 41.9 Å². The van der Waals surface area contributed by atoms with E-state index in [4.69, 9.17) is 0 Å². The number of nitrogens with zero attached hydrogens (tertiary/aromatic N) is 2. The van der Waals surface area contributed by atoms with Gasteiger partial charge in [-0.1, -0.05) is 6.92 Å². The second-order valence-electron chi connectivity index (χ2n) is 6.85. The van der Waals surface area contributed by atoms with Crippen LogP contribution in [0.15, 0.2) is 6.07 Å². The first-order valence-electron chi connectivity index (χ1n) is 7.87. The van der Waals surface area contributed by atoms with E-state index in [1.165, 1.54) is 44.3 Å². The Labute approximate surface area is 116 Å². The second-order valence-corrected chi connectivity index (χ2v) is 6.85. The van der Waals surface area contributed by atoms with E-state index in [1.807, 2.05) is 0 Å². The van der Waals surface area contributed by atoms with Crippen molar-refractivity contribution < 1.29 is 0 Å². The van der Waals surface area contributed by atoms with Gasteiger partial charge in [0.2, 0.25) is 0 Å². The Kier molecular flexibility index (Phi) is 3.42. The van der Waals surface area contributed by atoms with Crippen LogP contribution in [0.3, 0.4) is 0 Å². The lowest BCUT2D eigenvalue weighted by Gasteiger charge is -2.30. The molecule has 0 aliphatic heterocycles. The Morgan fingerprint density at radius 3 is 2.68 bits per heavy atom. The average Bonchev–Trinajstić information content (AvgIpc) is 3.26. The van der Waals surface area contributed by atoms with Crippen LogP contribution >= 0.6 is 0 Å². The predicted molar refractivity (Wildman–Crippen MR) is 78.2 cm³/mol. The monoisotopic (exact) mass is 261 g/mol. The van der Waals surface area contributed by atoms with Gasteiger partial charge in [-0.25, -0.2) is 0 Å². The molecule has 2 fully saturated rings. The van der Waals surface area contributed by atoms with Crippen LogP contribution < -0.4 is 5.32 Å². The van der Waals surface area contributed by atoms with Crippen molar-refractivity contribution in [2.45, 2.75) is 65.5 Å². The lowest BCUT2D eigenvalue weighted by molar-refractivity contribution is 0.248. The van der Waals surface area contributed by atoms with Crippen molar-refractivity contribution in [2.75, 3.05) is 6.54 Å². The molecule has 1 aromatic heterocycles. The summed E-state index contributed by atoms with van der Waals surface area (Å²) < 4.78 is 2.19. The molecule has 0 amide bonds. The Balaban J connectivity index is 1.71. The molecular formula is C16H27N3. The lowest BCUT2D eigenvalue weighted by Crippen LogP contribution is -2.37. The molecule has 3 nitrogen and oxygen atoms in total. The van der Waals surface area contributed by atoms with Crippen molar-refractivity contribution >= 4 is 0 Å². The van der Waals surface area contributed by atoms with Crippen molar-refractivity contribution in [3.05, 3.63) is 17.5 Å². The fraction of sp³-hybridized carbons (Fsp3) is 0.812. The molecule has 0 aromatic carbocycles. The number of aromatic nitrogens is 2. The summed E-state index contributed by atoms with van der Waals surface area (Å²) in [4.78, 5) is 0. The summed E-state index contributed by atoms with van der Waals surface area (Å²) in [5.74, 6) is 0.916. The fourth-order valence-corrected chi connectivity index (χ4v) is 3.23. The summed E-state index contributed by atoms with van der Waals surface area (Å²) in [5.41, 5.74) is 3.00. The lowest BCUT2D eigenvalue weighted by atomic mass is 9.80. The Morgan fingerprint density at radius 2 is 2.11 bits per heavy atom. The molecule has 3 heteroatoms. The number of rotatable bonds is 7. The first-order chi connectivity index (χ1) is 9.10. The maximum atomic E-state index is 4.60. The molecule has 0 saturated heterocycles. The minimum absolute atomic E-state index is 0.419. The highest BCUT2D eigenvalue weighted by Gasteiger charge is 2.42. The van der Waals surface area contributed by atoms with Crippen LogP contribution in [0.2, 0.25) is 0 Å². The van der Waals surface area contributed by atoms with E-state index in [-0.39, 0.29) is 0 Å². The first kappa shape index (κ1) is 13.2. The maximum absolute atomic E-state index is 4.60. The highest BCUT2D eigenvalue weighted by molar-refractivity contribution is 5.13. The van der Waals surface area contributed by atoms with Crippen molar-refractivity contribution in [2.24, 2.45) is 11.3 Å². The molecule has 0 bridgehead atoms. The Bertz CT molecular complexity index is 443. The summed E-state index contributed by atoms with van der Waals surface area (Å²) in [7, 11) is 0. The van der Waals surface area contributed by atoms with E-state index >= 15 is 0 Å². The molecule has 3 rings (SSSR count). The maximum Gasteiger partial charge on any atom is 0.0596 e. The van der Waals surface area contributed by atoms with Gasteiger partial charge in [0.25, 0.3) is 0 Å². The minimum atomic E-state index is 0.419. The molecular weight excluding hydrogens is 234 g/mol. The zero-order valence-corrected chi connectivity index (χ0v) is 12.6. The van der Waals surface area contributed by atoms with Crippen LogP contribution in [-0.4, -0.2) is 22.4 Å². The summed E-state index contributed by atoms with van der Waals surface area (Å²) in [6.07, 6.45) is 6.77. The van der Waals surface area contributed by atoms with Crippen molar-refractivity contribution in [1.82, 2.24) is 15.1 Å². The second kappa shape index (κ2) is 4.93. The molecule has 1 atom stereocenters. The van der Waals surface area contributed by atoms with Gasteiger partial charge in [-0.15, -0.1) is 0 Å². The molecule has 106 valence electrons. The van der Waals surface area contributed by atoms with E-state index in [0.717, 1.165) is 24.2 Å². The number of hydrogen-bond donors (Lipinski definition) is 1. The van der Waals surface area contributed by atoms with Crippen molar-refractivity contribution in [3.63, 3.8) is 0 Å². The minimum Gasteiger partial charge on any atom is -0.313 e. The third-order valence-electron chi connectivity index (χ3n) is 4.80. The quantitative estimate of drug-likeness (QED) is 0.818. The smallest absolute Gasteiger partial charge is 0.0596 e. The van der Waals surface area contributed by atoms with Gasteiger partial charge in [-0.05, 0) is 63.4 Å². The molecule has 1 aromatic rings. The third-order valence-corrected chi connectivity index (χ3v) is 4.80. The fourth-order valence-electron chi connectivity index (χ4n) is 3.23. The van der Waals surface area contributed by atoms with Crippen molar-refractivity contribution in [3.8, 4) is 0 Å². The molecule has 2 saturated carbocycles. The van der Waals surface area contributed by atoms with Gasteiger partial charge < -0.3 is 5.32 Å². The third kappa shape index (κ3) is 3.02. The van der Waals surface area contributed by atoms with Gasteiger partial charge in [-0.3, -0.25) is 4.68 Å². The van der Waals surface area contributed by atoms with Gasteiger partial charge in [0.05, 0.1) is 5.69 Å². The summed E-state index contributed by atoms with van der Waals surface area (Å²) in [5, 5.41) is 8.35. The van der Waals surface area contributed by atoms with Gasteiger partial charge in [-0.2, -0.15) is 5.10 Å². The van der Waals surface area contributed by atoms with E-state index in [1.54, 1.807) is 0 Å². The molecule has 0 spiro atoms. The molecule has 1 N–H and O–H groups in total. The normalized spacial score (nSPS) is 22.5. The van der Waals surface area contributed by atoms with Crippen LogP contribution in [0.1, 0.15) is 50.9 Å². The van der Waals surface area contributed by atoms with E-state index < -0.39 is 0 Å². The Hall–Kier alpha value is -0.830. The topological polar surface area (TPSA) is 29.9 Å². The van der Waals surface area contributed by atoms with Crippen molar-refractivity contribution in [1.29, 1.82) is 0 Å². The van der Waals surface area contributed by atoms with Crippen LogP contribution in [0, 0.1) is 18.3 Å². The van der Waals surface area contributed by atoms with Gasteiger partial charge >= 0.3 is 0 Å². The highest BCUT2D eigenvalue weighted by Crippen LogP contribution is 2.47. The average molecular weight is 261 g/mol. The molecule has 2 aliphatic carbocycles. The zero-order chi connectivity index (χ0) is 13.5. The van der Waals surface area contributed by atoms with Gasteiger partial charge in [0, 0.05) is 24.8 Å². The molecule has 19 heavy (non-hydrogen) atoms. The van der Waals surface area contributed by atoms with Crippen LogP contribution in [0.25, 0.3) is 0 Å². The van der Waals surface area contributed by atoms with E-state index in [0.29, 0.717) is 5.41 Å². The van der Waals surface area contributed by atoms with Crippen LogP contribution in [0.4, 0.5) is 0 Å². The highest BCUT2D eigenvalue weighted by atomic mass is 15.3. The molecule has 2 aliphatic rings. The van der Waals surface area contributed by atoms with Gasteiger partial charge in [0.1, 0.15) is 0 Å². The SMILES string of the molecule is CCn1nc(C)cc1CC(C)(CNC1CC1)C1CC1. The molecule has 0 radical (unpaired) electrons. The summed E-state index contributed by atoms with van der Waals surface area (Å²) >= 11 is 0. The van der Waals surface area contributed by atoms with Gasteiger partial charge in [0.15, 0.2) is 0 Å². The largest absolute Gasteiger partial charge is 0.313 e. The number of aryl methyl sites for hydroxylation is 2. The van der Waals surface area contributed by atoms with Crippen LogP contribution in [-0.2, 0) is 13.0 Å². The Morgan fingerprint density at radius 1 is 1.37 bits per heavy atom. The first-order valence-corrected chi connectivity index (χ1v) is 7.87. The standard InChI is InChI=1S/C16H27N3/c1-4-19-15(9-12(2)18-19)10-16(3,13-5-6-13)11-17-14-7-8-14/h9,13-14,17H,4-8,10-11H2,1-3H3. The number of hydrogen-bond acceptors (Lipinski definition) is 2. The van der Waals surface area contributed by atoms with Crippen LogP contribution in [0.5, 0.6) is 0 Å². The zero-order valence-electron chi connectivity index (χ0n) is 12.6. The predicted octanol–water partition coefficient (Wildman–Crippen LogP) is 2.92.